The van der Waals surface area contributed by atoms with Gasteiger partial charge in [0.1, 0.15) is 5.82 Å². The normalized spacial score (nSPS) is 21.8. The molecule has 1 fully saturated rings. The molecule has 1 heterocycles. The minimum Gasteiger partial charge on any atom is -0.322 e. The Hall–Kier alpha value is -1.65. The number of anilines is 1. The average molecular weight is 515 g/mol. The highest BCUT2D eigenvalue weighted by molar-refractivity contribution is 14.1. The summed E-state index contributed by atoms with van der Waals surface area (Å²) in [5, 5.41) is 2.65. The fourth-order valence-corrected chi connectivity index (χ4v) is 4.52. The first-order valence-corrected chi connectivity index (χ1v) is 10.5. The second kappa shape index (κ2) is 7.88. The van der Waals surface area contributed by atoms with Crippen LogP contribution in [0.1, 0.15) is 33.9 Å². The van der Waals surface area contributed by atoms with Crippen LogP contribution in [0, 0.1) is 9.39 Å². The van der Waals surface area contributed by atoms with Gasteiger partial charge in [-0.05, 0) is 65.5 Å². The zero-order valence-corrected chi connectivity index (χ0v) is 18.0. The van der Waals surface area contributed by atoms with Gasteiger partial charge in [0, 0.05) is 59.0 Å². The lowest BCUT2D eigenvalue weighted by atomic mass is 10.0. The molecule has 1 unspecified atom stereocenters. The zero-order valence-electron chi connectivity index (χ0n) is 15.9. The summed E-state index contributed by atoms with van der Waals surface area (Å²) in [4.78, 5) is 16.8. The van der Waals surface area contributed by atoms with Crippen LogP contribution in [0.5, 0.6) is 0 Å². The van der Waals surface area contributed by atoms with E-state index in [2.05, 4.69) is 15.1 Å². The molecule has 0 aromatic heterocycles. The molecular weight excluding hydrogens is 494 g/mol. The number of likely N-dealkylation sites (N-methyl/N-ethyl adjacent to an activating group) is 1. The van der Waals surface area contributed by atoms with Crippen molar-refractivity contribution in [1.29, 1.82) is 0 Å². The minimum absolute atomic E-state index is 0.0204. The van der Waals surface area contributed by atoms with Crippen LogP contribution in [-0.2, 0) is 5.92 Å². The molecule has 2 aliphatic rings. The van der Waals surface area contributed by atoms with Crippen LogP contribution in [0.4, 0.5) is 18.9 Å². The number of hydrogen-bond acceptors (Lipinski definition) is 3. The van der Waals surface area contributed by atoms with Crippen LogP contribution in [0.15, 0.2) is 36.4 Å². The Morgan fingerprint density at radius 1 is 1.14 bits per heavy atom. The summed E-state index contributed by atoms with van der Waals surface area (Å²) in [6.45, 7) is 3.25. The molecule has 2 aromatic rings. The number of halogens is 4. The number of alkyl halides is 2. The van der Waals surface area contributed by atoms with E-state index >= 15 is 0 Å². The van der Waals surface area contributed by atoms with Gasteiger partial charge >= 0.3 is 0 Å². The summed E-state index contributed by atoms with van der Waals surface area (Å²) in [6.07, 6.45) is -0.237. The molecule has 0 bridgehead atoms. The maximum Gasteiger partial charge on any atom is 0.275 e. The highest BCUT2D eigenvalue weighted by atomic mass is 127. The van der Waals surface area contributed by atoms with Crippen LogP contribution >= 0.6 is 22.6 Å². The van der Waals surface area contributed by atoms with E-state index in [1.807, 2.05) is 7.05 Å². The summed E-state index contributed by atoms with van der Waals surface area (Å²) in [5.74, 6) is -3.80. The monoisotopic (exact) mass is 515 g/mol. The topological polar surface area (TPSA) is 35.6 Å². The van der Waals surface area contributed by atoms with Crippen LogP contribution in [-0.4, -0.2) is 48.9 Å². The summed E-state index contributed by atoms with van der Waals surface area (Å²) in [6, 6.07) is 8.44. The first-order chi connectivity index (χ1) is 13.7. The molecule has 1 aliphatic heterocycles. The molecule has 1 saturated heterocycles. The van der Waals surface area contributed by atoms with Crippen molar-refractivity contribution < 1.29 is 18.0 Å². The van der Waals surface area contributed by atoms with Gasteiger partial charge in [0.25, 0.3) is 11.8 Å². The molecule has 0 saturated carbocycles. The Balaban J connectivity index is 1.56. The predicted molar refractivity (Wildman–Crippen MR) is 114 cm³/mol. The second-order valence-corrected chi connectivity index (χ2v) is 8.81. The maximum absolute atomic E-state index is 14.8. The maximum atomic E-state index is 14.8. The summed E-state index contributed by atoms with van der Waals surface area (Å²) in [7, 11) is 2.03. The first kappa shape index (κ1) is 20.6. The van der Waals surface area contributed by atoms with Gasteiger partial charge in [0.2, 0.25) is 0 Å². The lowest BCUT2D eigenvalue weighted by Crippen LogP contribution is -2.45. The lowest BCUT2D eigenvalue weighted by Gasteiger charge is -2.36. The van der Waals surface area contributed by atoms with Gasteiger partial charge in [-0.25, -0.2) is 13.2 Å². The molecule has 4 nitrogen and oxygen atoms in total. The van der Waals surface area contributed by atoms with Crippen molar-refractivity contribution in [3.8, 4) is 0 Å². The Morgan fingerprint density at radius 2 is 1.86 bits per heavy atom. The fraction of sp³-hybridized carbons (Fsp3) is 0.381. The Kier molecular flexibility index (Phi) is 5.60. The van der Waals surface area contributed by atoms with Crippen LogP contribution in [0.3, 0.4) is 0 Å². The van der Waals surface area contributed by atoms with Crippen molar-refractivity contribution in [2.75, 3.05) is 38.5 Å². The number of nitrogens with zero attached hydrogens (tertiary/aromatic N) is 2. The number of hydrogen-bond donors (Lipinski definition) is 1. The number of benzene rings is 2. The second-order valence-electron chi connectivity index (χ2n) is 7.65. The van der Waals surface area contributed by atoms with Crippen LogP contribution in [0.25, 0.3) is 0 Å². The number of fused-ring (bicyclic) bond motifs is 1. The summed E-state index contributed by atoms with van der Waals surface area (Å²) in [5.41, 5.74) is 1.20. The van der Waals surface area contributed by atoms with E-state index in [1.165, 1.54) is 24.3 Å². The lowest BCUT2D eigenvalue weighted by molar-refractivity contribution is -0.0257. The Morgan fingerprint density at radius 3 is 2.55 bits per heavy atom. The summed E-state index contributed by atoms with van der Waals surface area (Å²) < 4.78 is 43.3. The van der Waals surface area contributed by atoms with Gasteiger partial charge < -0.3 is 10.2 Å². The number of amides is 1. The highest BCUT2D eigenvalue weighted by Gasteiger charge is 2.47. The average Bonchev–Trinajstić information content (AvgIpc) is 2.95. The molecule has 8 heteroatoms. The van der Waals surface area contributed by atoms with E-state index < -0.39 is 17.6 Å². The smallest absolute Gasteiger partial charge is 0.275 e. The van der Waals surface area contributed by atoms with Gasteiger partial charge in [-0.2, -0.15) is 0 Å². The number of nitrogens with one attached hydrogen (secondary N) is 1. The molecule has 1 amide bonds. The molecule has 1 atom stereocenters. The van der Waals surface area contributed by atoms with Gasteiger partial charge in [0.15, 0.2) is 0 Å². The van der Waals surface area contributed by atoms with Gasteiger partial charge in [-0.15, -0.1) is 0 Å². The molecular formula is C21H21F3IN3O. The molecule has 1 aliphatic carbocycles. The molecule has 0 radical (unpaired) electrons. The standard InChI is InChI=1S/C21H21F3IN3O/c1-27-6-8-28(9-7-27)19-12-21(23,24)16-11-14(3-4-15(16)19)26-20(29)13-2-5-17(22)18(25)10-13/h2-5,10-11,19H,6-9,12H2,1H3,(H,26,29). The van der Waals surface area contributed by atoms with Gasteiger partial charge in [-0.1, -0.05) is 6.07 Å². The third-order valence-corrected chi connectivity index (χ3v) is 6.50. The zero-order chi connectivity index (χ0) is 20.8. The number of rotatable bonds is 3. The fourth-order valence-electron chi connectivity index (χ4n) is 4.00. The SMILES string of the molecule is CN1CCN(C2CC(F)(F)c3cc(NC(=O)c4ccc(F)c(I)c4)ccc32)CC1. The van der Waals surface area contributed by atoms with E-state index in [4.69, 9.17) is 0 Å². The van der Waals surface area contributed by atoms with Crippen molar-refractivity contribution >= 4 is 34.2 Å². The molecule has 2 aromatic carbocycles. The van der Waals surface area contributed by atoms with Crippen molar-refractivity contribution in [3.63, 3.8) is 0 Å². The third kappa shape index (κ3) is 4.15. The van der Waals surface area contributed by atoms with Crippen molar-refractivity contribution in [1.82, 2.24) is 9.80 Å². The van der Waals surface area contributed by atoms with Gasteiger partial charge in [0.05, 0.1) is 0 Å². The minimum atomic E-state index is -2.94. The Labute approximate surface area is 181 Å². The number of carbonyl (C=O) groups is 1. The molecule has 0 spiro atoms. The van der Waals surface area contributed by atoms with E-state index in [9.17, 15) is 18.0 Å². The molecule has 154 valence electrons. The van der Waals surface area contributed by atoms with Crippen molar-refractivity contribution in [3.05, 3.63) is 62.5 Å². The van der Waals surface area contributed by atoms with Crippen LogP contribution < -0.4 is 5.32 Å². The van der Waals surface area contributed by atoms with Crippen molar-refractivity contribution in [2.45, 2.75) is 18.4 Å². The quantitative estimate of drug-likeness (QED) is 0.614. The number of piperazine rings is 1. The molecule has 4 rings (SSSR count). The van der Waals surface area contributed by atoms with E-state index in [-0.39, 0.29) is 23.6 Å². The third-order valence-electron chi connectivity index (χ3n) is 5.67. The van der Waals surface area contributed by atoms with E-state index in [0.717, 1.165) is 26.2 Å². The van der Waals surface area contributed by atoms with Crippen molar-refractivity contribution in [2.24, 2.45) is 0 Å². The van der Waals surface area contributed by atoms with Crippen LogP contribution in [0.2, 0.25) is 0 Å². The van der Waals surface area contributed by atoms with Gasteiger partial charge in [-0.3, -0.25) is 9.69 Å². The Bertz CT molecular complexity index is 945. The first-order valence-electron chi connectivity index (χ1n) is 9.46. The molecule has 1 N–H and O–H groups in total. The summed E-state index contributed by atoms with van der Waals surface area (Å²) >= 11 is 1.81. The van der Waals surface area contributed by atoms with E-state index in [0.29, 0.717) is 14.8 Å². The van der Waals surface area contributed by atoms with E-state index in [1.54, 1.807) is 34.7 Å². The molecule has 29 heavy (non-hydrogen) atoms. The highest BCUT2D eigenvalue weighted by Crippen LogP contribution is 2.50. The largest absolute Gasteiger partial charge is 0.322 e. The number of carbonyl (C=O) groups excluding carboxylic acids is 1. The predicted octanol–water partition coefficient (Wildman–Crippen LogP) is 4.47.